The molecule has 1 saturated heterocycles. The maximum absolute atomic E-state index is 12.3. The highest BCUT2D eigenvalue weighted by atomic mass is 79.9. The molecule has 1 fully saturated rings. The van der Waals surface area contributed by atoms with E-state index in [0.29, 0.717) is 32.7 Å². The Hall–Kier alpha value is -1.60. The van der Waals surface area contributed by atoms with Crippen molar-refractivity contribution in [3.8, 4) is 0 Å². The highest BCUT2D eigenvalue weighted by Crippen LogP contribution is 2.21. The molecule has 2 N–H and O–H groups in total. The third-order valence-corrected chi connectivity index (χ3v) is 4.85. The Morgan fingerprint density at radius 2 is 1.88 bits per heavy atom. The predicted octanol–water partition coefficient (Wildman–Crippen LogP) is 2.51. The van der Waals surface area contributed by atoms with Gasteiger partial charge in [0.15, 0.2) is 0 Å². The van der Waals surface area contributed by atoms with E-state index in [1.165, 1.54) is 0 Å². The summed E-state index contributed by atoms with van der Waals surface area (Å²) < 4.78 is 0.860. The van der Waals surface area contributed by atoms with Crippen molar-refractivity contribution in [1.29, 1.82) is 0 Å². The largest absolute Gasteiger partial charge is 0.353 e. The standard InChI is InChI=1S/C17H25BrN4O2/c1-3-13(2)19-16(23)12-21-8-10-22(11-9-21)17(24)20-15-7-5-4-6-14(15)18/h4-7,13H,3,8-12H2,1-2H3,(H,19,23)(H,20,24). The van der Waals surface area contributed by atoms with Crippen molar-refractivity contribution in [2.75, 3.05) is 38.0 Å². The SMILES string of the molecule is CCC(C)NC(=O)CN1CCN(C(=O)Nc2ccccc2Br)CC1. The van der Waals surface area contributed by atoms with Gasteiger partial charge in [-0.25, -0.2) is 4.79 Å². The number of benzene rings is 1. The van der Waals surface area contributed by atoms with Crippen LogP contribution in [0.2, 0.25) is 0 Å². The van der Waals surface area contributed by atoms with Gasteiger partial charge in [-0.3, -0.25) is 9.69 Å². The van der Waals surface area contributed by atoms with E-state index in [1.807, 2.05) is 38.1 Å². The number of urea groups is 1. The molecule has 2 rings (SSSR count). The summed E-state index contributed by atoms with van der Waals surface area (Å²) in [6.07, 6.45) is 0.925. The van der Waals surface area contributed by atoms with Gasteiger partial charge in [-0.15, -0.1) is 0 Å². The lowest BCUT2D eigenvalue weighted by Gasteiger charge is -2.34. The van der Waals surface area contributed by atoms with Crippen molar-refractivity contribution in [1.82, 2.24) is 15.1 Å². The fourth-order valence-electron chi connectivity index (χ4n) is 2.49. The molecule has 7 heteroatoms. The normalized spacial score (nSPS) is 16.5. The number of halogens is 1. The minimum atomic E-state index is -0.106. The number of rotatable bonds is 5. The van der Waals surface area contributed by atoms with Gasteiger partial charge < -0.3 is 15.5 Å². The average Bonchev–Trinajstić information content (AvgIpc) is 2.57. The van der Waals surface area contributed by atoms with E-state index >= 15 is 0 Å². The number of nitrogens with one attached hydrogen (secondary N) is 2. The molecule has 0 spiro atoms. The number of nitrogens with zero attached hydrogens (tertiary/aromatic N) is 2. The van der Waals surface area contributed by atoms with Crippen LogP contribution in [-0.2, 0) is 4.79 Å². The number of carbonyl (C=O) groups is 2. The zero-order valence-electron chi connectivity index (χ0n) is 14.2. The van der Waals surface area contributed by atoms with Crippen LogP contribution in [0.5, 0.6) is 0 Å². The van der Waals surface area contributed by atoms with E-state index in [-0.39, 0.29) is 18.0 Å². The third kappa shape index (κ3) is 5.49. The topological polar surface area (TPSA) is 64.7 Å². The molecule has 1 atom stereocenters. The van der Waals surface area contributed by atoms with E-state index < -0.39 is 0 Å². The van der Waals surface area contributed by atoms with Gasteiger partial charge in [0.2, 0.25) is 5.91 Å². The lowest BCUT2D eigenvalue weighted by Crippen LogP contribution is -2.52. The van der Waals surface area contributed by atoms with Gasteiger partial charge in [-0.1, -0.05) is 19.1 Å². The molecule has 0 saturated carbocycles. The summed E-state index contributed by atoms with van der Waals surface area (Å²) in [4.78, 5) is 28.1. The minimum Gasteiger partial charge on any atom is -0.353 e. The van der Waals surface area contributed by atoms with Crippen molar-refractivity contribution >= 4 is 33.6 Å². The Labute approximate surface area is 151 Å². The van der Waals surface area contributed by atoms with Gasteiger partial charge in [0, 0.05) is 36.7 Å². The molecule has 1 aromatic rings. The Morgan fingerprint density at radius 3 is 2.50 bits per heavy atom. The quantitative estimate of drug-likeness (QED) is 0.803. The Morgan fingerprint density at radius 1 is 1.21 bits per heavy atom. The summed E-state index contributed by atoms with van der Waals surface area (Å²) in [7, 11) is 0. The summed E-state index contributed by atoms with van der Waals surface area (Å²) in [6.45, 7) is 7.09. The highest BCUT2D eigenvalue weighted by molar-refractivity contribution is 9.10. The monoisotopic (exact) mass is 396 g/mol. The van der Waals surface area contributed by atoms with Crippen molar-refractivity contribution in [3.05, 3.63) is 28.7 Å². The van der Waals surface area contributed by atoms with E-state index in [9.17, 15) is 9.59 Å². The molecule has 6 nitrogen and oxygen atoms in total. The first-order valence-electron chi connectivity index (χ1n) is 8.31. The molecule has 1 unspecified atom stereocenters. The van der Waals surface area contributed by atoms with Gasteiger partial charge in [0.05, 0.1) is 12.2 Å². The maximum Gasteiger partial charge on any atom is 0.321 e. The zero-order valence-corrected chi connectivity index (χ0v) is 15.8. The van der Waals surface area contributed by atoms with Gasteiger partial charge in [0.1, 0.15) is 0 Å². The molecule has 1 aliphatic heterocycles. The number of anilines is 1. The summed E-state index contributed by atoms with van der Waals surface area (Å²) >= 11 is 3.42. The molecule has 24 heavy (non-hydrogen) atoms. The first-order valence-corrected chi connectivity index (χ1v) is 9.11. The van der Waals surface area contributed by atoms with E-state index in [0.717, 1.165) is 16.6 Å². The molecule has 3 amide bonds. The smallest absolute Gasteiger partial charge is 0.321 e. The summed E-state index contributed by atoms with van der Waals surface area (Å²) in [5.74, 6) is 0.0514. The van der Waals surface area contributed by atoms with Gasteiger partial charge in [-0.05, 0) is 41.4 Å². The molecule has 1 aromatic carbocycles. The number of amides is 3. The van der Waals surface area contributed by atoms with Crippen LogP contribution < -0.4 is 10.6 Å². The second-order valence-corrected chi connectivity index (χ2v) is 6.90. The van der Waals surface area contributed by atoms with Gasteiger partial charge in [-0.2, -0.15) is 0 Å². The molecular weight excluding hydrogens is 372 g/mol. The molecule has 132 valence electrons. The molecule has 0 aliphatic carbocycles. The van der Waals surface area contributed by atoms with Crippen LogP contribution in [0.4, 0.5) is 10.5 Å². The highest BCUT2D eigenvalue weighted by Gasteiger charge is 2.23. The molecule has 0 aromatic heterocycles. The summed E-state index contributed by atoms with van der Waals surface area (Å²) in [5.41, 5.74) is 0.762. The maximum atomic E-state index is 12.3. The predicted molar refractivity (Wildman–Crippen MR) is 99.1 cm³/mol. The van der Waals surface area contributed by atoms with Crippen LogP contribution in [0.1, 0.15) is 20.3 Å². The van der Waals surface area contributed by atoms with E-state index in [2.05, 4.69) is 31.5 Å². The number of carbonyl (C=O) groups excluding carboxylic acids is 2. The van der Waals surface area contributed by atoms with Crippen LogP contribution in [0.15, 0.2) is 28.7 Å². The van der Waals surface area contributed by atoms with Crippen molar-refractivity contribution in [2.24, 2.45) is 0 Å². The first-order chi connectivity index (χ1) is 11.5. The number of hydrogen-bond acceptors (Lipinski definition) is 3. The number of piperazine rings is 1. The number of hydrogen-bond donors (Lipinski definition) is 2. The molecule has 1 heterocycles. The molecular formula is C17H25BrN4O2. The zero-order chi connectivity index (χ0) is 17.5. The fourth-order valence-corrected chi connectivity index (χ4v) is 2.88. The summed E-state index contributed by atoms with van der Waals surface area (Å²) in [5, 5.41) is 5.88. The average molecular weight is 397 g/mol. The van der Waals surface area contributed by atoms with Crippen molar-refractivity contribution in [2.45, 2.75) is 26.3 Å². The second kappa shape index (κ2) is 9.03. The van der Waals surface area contributed by atoms with Crippen LogP contribution in [0.3, 0.4) is 0 Å². The Bertz CT molecular complexity index is 573. The van der Waals surface area contributed by atoms with Gasteiger partial charge in [0.25, 0.3) is 0 Å². The molecule has 1 aliphatic rings. The fraction of sp³-hybridized carbons (Fsp3) is 0.529. The van der Waals surface area contributed by atoms with Crippen molar-refractivity contribution in [3.63, 3.8) is 0 Å². The third-order valence-electron chi connectivity index (χ3n) is 4.16. The Balaban J connectivity index is 1.77. The van der Waals surface area contributed by atoms with Crippen LogP contribution in [-0.4, -0.2) is 60.5 Å². The second-order valence-electron chi connectivity index (χ2n) is 6.05. The van der Waals surface area contributed by atoms with Crippen LogP contribution in [0, 0.1) is 0 Å². The van der Waals surface area contributed by atoms with E-state index in [4.69, 9.17) is 0 Å². The molecule has 0 bridgehead atoms. The first kappa shape index (κ1) is 18.7. The van der Waals surface area contributed by atoms with E-state index in [1.54, 1.807) is 4.90 Å². The van der Waals surface area contributed by atoms with Crippen LogP contribution in [0.25, 0.3) is 0 Å². The van der Waals surface area contributed by atoms with Gasteiger partial charge >= 0.3 is 6.03 Å². The van der Waals surface area contributed by atoms with Crippen LogP contribution >= 0.6 is 15.9 Å². The molecule has 0 radical (unpaired) electrons. The minimum absolute atomic E-state index is 0.0514. The lowest BCUT2D eigenvalue weighted by molar-refractivity contribution is -0.123. The van der Waals surface area contributed by atoms with Crippen molar-refractivity contribution < 1.29 is 9.59 Å². The number of para-hydroxylation sites is 1. The summed E-state index contributed by atoms with van der Waals surface area (Å²) in [6, 6.07) is 7.64. The Kier molecular flexibility index (Phi) is 7.05. The lowest BCUT2D eigenvalue weighted by atomic mass is 10.2.